The Morgan fingerprint density at radius 3 is 2.17 bits per heavy atom. The van der Waals surface area contributed by atoms with Gasteiger partial charge in [-0.1, -0.05) is 11.6 Å². The first-order valence-electron chi connectivity index (χ1n) is 6.74. The van der Waals surface area contributed by atoms with Crippen LogP contribution in [0.2, 0.25) is 5.02 Å². The number of thioether (sulfide) groups is 1. The van der Waals surface area contributed by atoms with E-state index in [2.05, 4.69) is 9.97 Å². The van der Waals surface area contributed by atoms with Crippen molar-refractivity contribution < 1.29 is 18.0 Å². The van der Waals surface area contributed by atoms with Crippen molar-refractivity contribution in [1.29, 1.82) is 0 Å². The number of alkyl halides is 3. The monoisotopic (exact) mass is 372 g/mol. The summed E-state index contributed by atoms with van der Waals surface area (Å²) in [5.41, 5.74) is 1.22. The second kappa shape index (κ2) is 7.36. The molecule has 2 aromatic rings. The summed E-state index contributed by atoms with van der Waals surface area (Å²) in [4.78, 5) is 18.9. The van der Waals surface area contributed by atoms with E-state index >= 15 is 0 Å². The number of carbonyl (C=O) groups is 1. The highest BCUT2D eigenvalue weighted by atomic mass is 35.5. The highest BCUT2D eigenvalue weighted by Gasteiger charge is 2.36. The van der Waals surface area contributed by atoms with E-state index < -0.39 is 16.9 Å². The van der Waals surface area contributed by atoms with Crippen molar-refractivity contribution >= 4 is 29.1 Å². The van der Waals surface area contributed by atoms with Gasteiger partial charge in [-0.15, -0.1) is 0 Å². The molecule has 1 heterocycles. The van der Waals surface area contributed by atoms with Crippen LogP contribution in [0.15, 0.2) is 46.5 Å². The van der Waals surface area contributed by atoms with E-state index in [9.17, 15) is 18.0 Å². The summed E-state index contributed by atoms with van der Waals surface area (Å²) >= 11 is 6.02. The van der Waals surface area contributed by atoms with Crippen LogP contribution < -0.4 is 0 Å². The first-order valence-corrected chi connectivity index (χ1v) is 7.93. The lowest BCUT2D eigenvalue weighted by molar-refractivity contribution is -0.0837. The molecule has 3 nitrogen and oxygen atoms in total. The number of hydrogen-bond acceptors (Lipinski definition) is 4. The van der Waals surface area contributed by atoms with Gasteiger partial charge < -0.3 is 0 Å². The Balaban J connectivity index is 2.34. The molecule has 8 heteroatoms. The predicted octanol–water partition coefficient (Wildman–Crippen LogP) is 5.17. The number of nitrogens with zero attached hydrogens (tertiary/aromatic N) is 2. The Bertz CT molecular complexity index is 769. The van der Waals surface area contributed by atoms with Gasteiger partial charge in [0.15, 0.2) is 10.9 Å². The Morgan fingerprint density at radius 2 is 1.67 bits per heavy atom. The first-order chi connectivity index (χ1) is 11.1. The van der Waals surface area contributed by atoms with E-state index in [0.29, 0.717) is 34.2 Å². The number of aromatic nitrogens is 2. The zero-order valence-corrected chi connectivity index (χ0v) is 14.3. The molecule has 0 saturated carbocycles. The maximum absolute atomic E-state index is 13.2. The summed E-state index contributed by atoms with van der Waals surface area (Å²) < 4.78 is 39.7. The fourth-order valence-electron chi connectivity index (χ4n) is 1.82. The number of allylic oxidation sites excluding steroid dienone is 2. The van der Waals surface area contributed by atoms with E-state index in [1.807, 2.05) is 0 Å². The molecular formula is C16H12ClF3N2OS. The number of halogens is 4. The number of aryl methyl sites for hydroxylation is 2. The average Bonchev–Trinajstić information content (AvgIpc) is 2.45. The van der Waals surface area contributed by atoms with Crippen LogP contribution in [0.1, 0.15) is 21.7 Å². The molecule has 126 valence electrons. The van der Waals surface area contributed by atoms with Crippen molar-refractivity contribution in [3.8, 4) is 0 Å². The number of carbonyl (C=O) groups excluding carboxylic acids is 1. The molecule has 0 aliphatic rings. The van der Waals surface area contributed by atoms with Crippen LogP contribution in [0, 0.1) is 13.8 Å². The van der Waals surface area contributed by atoms with Gasteiger partial charge in [0.2, 0.25) is 0 Å². The maximum Gasteiger partial charge on any atom is 0.422 e. The molecule has 0 unspecified atom stereocenters. The molecule has 0 N–H and O–H groups in total. The van der Waals surface area contributed by atoms with Gasteiger partial charge in [-0.2, -0.15) is 13.2 Å². The molecule has 1 aromatic carbocycles. The maximum atomic E-state index is 13.2. The van der Waals surface area contributed by atoms with Gasteiger partial charge in [-0.3, -0.25) is 4.79 Å². The minimum atomic E-state index is -4.69. The summed E-state index contributed by atoms with van der Waals surface area (Å²) in [5, 5.41) is 0.338. The Labute approximate surface area is 146 Å². The van der Waals surface area contributed by atoms with E-state index in [-0.39, 0.29) is 10.7 Å². The number of rotatable bonds is 4. The molecule has 0 bridgehead atoms. The SMILES string of the molecule is Cc1cc(C)nc(SC(=CC(=O)c2ccc(Cl)cc2)C(F)(F)F)n1. The summed E-state index contributed by atoms with van der Waals surface area (Å²) in [6, 6.07) is 7.27. The second-order valence-electron chi connectivity index (χ2n) is 4.91. The van der Waals surface area contributed by atoms with Crippen molar-refractivity contribution in [2.75, 3.05) is 0 Å². The highest BCUT2D eigenvalue weighted by Crippen LogP contribution is 2.37. The van der Waals surface area contributed by atoms with Gasteiger partial charge in [-0.05, 0) is 55.9 Å². The van der Waals surface area contributed by atoms with Crippen molar-refractivity contribution in [2.24, 2.45) is 0 Å². The Hall–Kier alpha value is -1.86. The molecule has 0 radical (unpaired) electrons. The summed E-state index contributed by atoms with van der Waals surface area (Å²) in [7, 11) is 0. The molecule has 0 spiro atoms. The molecule has 1 aromatic heterocycles. The quantitative estimate of drug-likeness (QED) is 0.321. The minimum absolute atomic E-state index is 0.0556. The van der Waals surface area contributed by atoms with Crippen LogP contribution in [-0.2, 0) is 0 Å². The van der Waals surface area contributed by atoms with Gasteiger partial charge in [0.05, 0.1) is 0 Å². The van der Waals surface area contributed by atoms with Crippen LogP contribution in [0.4, 0.5) is 13.2 Å². The molecule has 2 rings (SSSR count). The smallest absolute Gasteiger partial charge is 0.289 e. The lowest BCUT2D eigenvalue weighted by Gasteiger charge is -2.11. The first kappa shape index (κ1) is 18.5. The van der Waals surface area contributed by atoms with E-state index in [1.54, 1.807) is 19.9 Å². The van der Waals surface area contributed by atoms with Gasteiger partial charge >= 0.3 is 6.18 Å². The fourth-order valence-corrected chi connectivity index (χ4v) is 2.81. The lowest BCUT2D eigenvalue weighted by Crippen LogP contribution is -2.12. The molecule has 24 heavy (non-hydrogen) atoms. The molecule has 0 fully saturated rings. The molecule has 0 aliphatic carbocycles. The van der Waals surface area contributed by atoms with E-state index in [1.165, 1.54) is 24.3 Å². The zero-order chi connectivity index (χ0) is 17.9. The van der Waals surface area contributed by atoms with Gasteiger partial charge in [0.25, 0.3) is 0 Å². The number of hydrogen-bond donors (Lipinski definition) is 0. The normalized spacial score (nSPS) is 12.3. The standard InChI is InChI=1S/C16H12ClF3N2OS/c1-9-7-10(2)22-15(21-9)24-14(16(18,19)20)8-13(23)11-3-5-12(17)6-4-11/h3-8H,1-2H3. The second-order valence-corrected chi connectivity index (χ2v) is 6.36. The highest BCUT2D eigenvalue weighted by molar-refractivity contribution is 8.03. The van der Waals surface area contributed by atoms with Crippen LogP contribution in [0.5, 0.6) is 0 Å². The summed E-state index contributed by atoms with van der Waals surface area (Å²) in [5.74, 6) is -0.768. The van der Waals surface area contributed by atoms with Crippen molar-refractivity contribution in [3.05, 3.63) is 63.3 Å². The largest absolute Gasteiger partial charge is 0.422 e. The molecule has 0 amide bonds. The average molecular weight is 373 g/mol. The number of benzene rings is 1. The lowest BCUT2D eigenvalue weighted by atomic mass is 10.1. The molecule has 0 atom stereocenters. The predicted molar refractivity (Wildman–Crippen MR) is 87.3 cm³/mol. The summed E-state index contributed by atoms with van der Waals surface area (Å²) in [6.45, 7) is 3.32. The van der Waals surface area contributed by atoms with Gasteiger partial charge in [0.1, 0.15) is 4.91 Å². The molecule has 0 saturated heterocycles. The van der Waals surface area contributed by atoms with Crippen molar-refractivity contribution in [1.82, 2.24) is 9.97 Å². The third-order valence-electron chi connectivity index (χ3n) is 2.83. The minimum Gasteiger partial charge on any atom is -0.289 e. The van der Waals surface area contributed by atoms with Crippen LogP contribution in [0.25, 0.3) is 0 Å². The Morgan fingerprint density at radius 1 is 1.12 bits per heavy atom. The third kappa shape index (κ3) is 5.07. The third-order valence-corrected chi connectivity index (χ3v) is 4.02. The van der Waals surface area contributed by atoms with Crippen molar-refractivity contribution in [2.45, 2.75) is 25.2 Å². The Kier molecular flexibility index (Phi) is 5.66. The fraction of sp³-hybridized carbons (Fsp3) is 0.188. The molecule has 0 aliphatic heterocycles. The van der Waals surface area contributed by atoms with Crippen LogP contribution in [0.3, 0.4) is 0 Å². The zero-order valence-electron chi connectivity index (χ0n) is 12.7. The van der Waals surface area contributed by atoms with Gasteiger partial charge in [-0.25, -0.2) is 9.97 Å². The van der Waals surface area contributed by atoms with Crippen molar-refractivity contribution in [3.63, 3.8) is 0 Å². The van der Waals surface area contributed by atoms with E-state index in [4.69, 9.17) is 11.6 Å². The topological polar surface area (TPSA) is 42.9 Å². The van der Waals surface area contributed by atoms with E-state index in [0.717, 1.165) is 0 Å². The van der Waals surface area contributed by atoms with Gasteiger partial charge in [0, 0.05) is 28.0 Å². The number of ketones is 1. The molecular weight excluding hydrogens is 361 g/mol. The van der Waals surface area contributed by atoms with Crippen LogP contribution >= 0.6 is 23.4 Å². The van der Waals surface area contributed by atoms with Crippen LogP contribution in [-0.4, -0.2) is 21.9 Å². The summed E-state index contributed by atoms with van der Waals surface area (Å²) in [6.07, 6.45) is -4.14.